The van der Waals surface area contributed by atoms with Crippen molar-refractivity contribution in [3.8, 4) is 0 Å². The highest BCUT2D eigenvalue weighted by atomic mass is 35.5. The number of esters is 1. The molecule has 4 aliphatic carbocycles. The Labute approximate surface area is 167 Å². The van der Waals surface area contributed by atoms with Gasteiger partial charge in [0.2, 0.25) is 5.28 Å². The van der Waals surface area contributed by atoms with Gasteiger partial charge in [0.15, 0.2) is 5.65 Å². The second-order valence-corrected chi connectivity index (χ2v) is 10.4. The Balaban J connectivity index is 1.63. The lowest BCUT2D eigenvalue weighted by molar-refractivity contribution is -0.189. The van der Waals surface area contributed by atoms with Crippen molar-refractivity contribution in [3.63, 3.8) is 0 Å². The third-order valence-corrected chi connectivity index (χ3v) is 6.91. The van der Waals surface area contributed by atoms with Crippen LogP contribution >= 0.6 is 11.6 Å². The Morgan fingerprint density at radius 2 is 1.96 bits per heavy atom. The van der Waals surface area contributed by atoms with Crippen LogP contribution in [-0.2, 0) is 15.1 Å². The number of rotatable bonds is 2. The van der Waals surface area contributed by atoms with E-state index in [2.05, 4.69) is 15.0 Å². The highest BCUT2D eigenvalue weighted by Crippen LogP contribution is 2.64. The molecule has 0 amide bonds. The quantitative estimate of drug-likeness (QED) is 0.611. The number of aromatic nitrogens is 4. The molecule has 0 radical (unpaired) electrons. The zero-order valence-corrected chi connectivity index (χ0v) is 17.2. The Hall–Kier alpha value is -1.89. The number of H-pyrrole nitrogens is 1. The van der Waals surface area contributed by atoms with Gasteiger partial charge in [-0.05, 0) is 82.7 Å². The average molecular weight is 405 g/mol. The standard InChI is InChI=1S/C20H25ClN4O3/c1-18(2,3)28-15(26)19-5-11-4-12(6-19)8-20(7-11,10-19)25-14-13(23-17(25)27)9-22-16(21)24-14/h9,11-12H,4-8,10H2,1-3H3,(H,23,27). The monoisotopic (exact) mass is 404 g/mol. The van der Waals surface area contributed by atoms with Crippen molar-refractivity contribution in [1.82, 2.24) is 19.5 Å². The van der Waals surface area contributed by atoms with E-state index in [1.54, 1.807) is 10.8 Å². The molecule has 7 nitrogen and oxygen atoms in total. The molecule has 8 heteroatoms. The Morgan fingerprint density at radius 3 is 2.61 bits per heavy atom. The largest absolute Gasteiger partial charge is 0.460 e. The van der Waals surface area contributed by atoms with E-state index in [-0.39, 0.29) is 16.9 Å². The normalized spacial score (nSPS) is 34.1. The topological polar surface area (TPSA) is 89.9 Å². The molecule has 2 heterocycles. The van der Waals surface area contributed by atoms with Crippen LogP contribution in [0.1, 0.15) is 59.3 Å². The first-order chi connectivity index (χ1) is 13.1. The zero-order valence-electron chi connectivity index (χ0n) is 16.4. The number of fused-ring (bicyclic) bond motifs is 1. The number of hydrogen-bond donors (Lipinski definition) is 1. The van der Waals surface area contributed by atoms with Crippen LogP contribution in [-0.4, -0.2) is 31.1 Å². The molecule has 4 bridgehead atoms. The molecule has 2 atom stereocenters. The van der Waals surface area contributed by atoms with E-state index < -0.39 is 16.6 Å². The summed E-state index contributed by atoms with van der Waals surface area (Å²) in [5.41, 5.74) is -0.549. The molecule has 1 N–H and O–H groups in total. The zero-order chi connectivity index (χ0) is 19.9. The van der Waals surface area contributed by atoms with Crippen molar-refractivity contribution in [2.45, 2.75) is 70.4 Å². The van der Waals surface area contributed by atoms with Crippen LogP contribution in [0.4, 0.5) is 0 Å². The predicted molar refractivity (Wildman–Crippen MR) is 104 cm³/mol. The van der Waals surface area contributed by atoms with Crippen molar-refractivity contribution >= 4 is 28.7 Å². The fraction of sp³-hybridized carbons (Fsp3) is 0.700. The van der Waals surface area contributed by atoms with Crippen LogP contribution in [0.15, 0.2) is 11.0 Å². The highest BCUT2D eigenvalue weighted by Gasteiger charge is 2.63. The van der Waals surface area contributed by atoms with Gasteiger partial charge < -0.3 is 9.72 Å². The minimum absolute atomic E-state index is 0.112. The summed E-state index contributed by atoms with van der Waals surface area (Å²) in [7, 11) is 0. The summed E-state index contributed by atoms with van der Waals surface area (Å²) in [6.45, 7) is 5.72. The third-order valence-electron chi connectivity index (χ3n) is 6.73. The van der Waals surface area contributed by atoms with Gasteiger partial charge in [-0.1, -0.05) is 0 Å². The number of nitrogens with zero attached hydrogens (tertiary/aromatic N) is 3. The molecule has 4 saturated carbocycles. The van der Waals surface area contributed by atoms with Gasteiger partial charge in [-0.2, -0.15) is 4.98 Å². The number of carbonyl (C=O) groups is 1. The number of imidazole rings is 1. The maximum atomic E-state index is 13.3. The Bertz CT molecular complexity index is 1020. The molecule has 2 unspecified atom stereocenters. The van der Waals surface area contributed by atoms with Crippen LogP contribution in [0.3, 0.4) is 0 Å². The molecular formula is C20H25ClN4O3. The molecule has 2 aromatic heterocycles. The predicted octanol–water partition coefficient (Wildman–Crippen LogP) is 3.41. The average Bonchev–Trinajstić information content (AvgIpc) is 2.87. The number of halogens is 1. The fourth-order valence-corrected chi connectivity index (χ4v) is 6.55. The first-order valence-corrected chi connectivity index (χ1v) is 10.3. The lowest BCUT2D eigenvalue weighted by atomic mass is 9.46. The summed E-state index contributed by atoms with van der Waals surface area (Å²) in [6.07, 6.45) is 6.79. The summed E-state index contributed by atoms with van der Waals surface area (Å²) in [6, 6.07) is 0. The van der Waals surface area contributed by atoms with Gasteiger partial charge >= 0.3 is 11.7 Å². The van der Waals surface area contributed by atoms with Gasteiger partial charge in [-0.3, -0.25) is 9.36 Å². The third kappa shape index (κ3) is 2.62. The van der Waals surface area contributed by atoms with Gasteiger partial charge in [-0.15, -0.1) is 0 Å². The Kier molecular flexibility index (Phi) is 3.62. The number of hydrogen-bond acceptors (Lipinski definition) is 5. The molecule has 4 fully saturated rings. The van der Waals surface area contributed by atoms with E-state index >= 15 is 0 Å². The molecule has 0 saturated heterocycles. The van der Waals surface area contributed by atoms with Crippen molar-refractivity contribution in [1.29, 1.82) is 0 Å². The molecule has 28 heavy (non-hydrogen) atoms. The molecule has 0 aromatic carbocycles. The minimum atomic E-state index is -0.522. The van der Waals surface area contributed by atoms with Gasteiger partial charge in [0.05, 0.1) is 17.2 Å². The van der Waals surface area contributed by atoms with Gasteiger partial charge in [0.1, 0.15) is 11.1 Å². The lowest BCUT2D eigenvalue weighted by Gasteiger charge is -2.61. The van der Waals surface area contributed by atoms with Crippen LogP contribution in [0.2, 0.25) is 5.28 Å². The van der Waals surface area contributed by atoms with Crippen molar-refractivity contribution < 1.29 is 9.53 Å². The molecule has 0 aliphatic heterocycles. The van der Waals surface area contributed by atoms with E-state index in [1.807, 2.05) is 20.8 Å². The van der Waals surface area contributed by atoms with E-state index in [0.717, 1.165) is 32.1 Å². The minimum Gasteiger partial charge on any atom is -0.460 e. The molecule has 150 valence electrons. The second-order valence-electron chi connectivity index (χ2n) is 10.1. The molecule has 4 aliphatic rings. The van der Waals surface area contributed by atoms with Crippen molar-refractivity contribution in [3.05, 3.63) is 22.0 Å². The lowest BCUT2D eigenvalue weighted by Crippen LogP contribution is -2.61. The number of aromatic amines is 1. The molecule has 0 spiro atoms. The van der Waals surface area contributed by atoms with Gasteiger partial charge in [0, 0.05) is 0 Å². The van der Waals surface area contributed by atoms with Crippen molar-refractivity contribution in [2.24, 2.45) is 17.3 Å². The summed E-state index contributed by atoms with van der Waals surface area (Å²) < 4.78 is 7.61. The fourth-order valence-electron chi connectivity index (χ4n) is 6.42. The van der Waals surface area contributed by atoms with Gasteiger partial charge in [0.25, 0.3) is 0 Å². The Morgan fingerprint density at radius 1 is 1.29 bits per heavy atom. The van der Waals surface area contributed by atoms with Gasteiger partial charge in [-0.25, -0.2) is 9.78 Å². The highest BCUT2D eigenvalue weighted by molar-refractivity contribution is 6.28. The maximum absolute atomic E-state index is 13.3. The van der Waals surface area contributed by atoms with Crippen LogP contribution < -0.4 is 5.69 Å². The smallest absolute Gasteiger partial charge is 0.328 e. The SMILES string of the molecule is CC(C)(C)OC(=O)C12CC3CC(C1)CC(n1c(=O)[nH]c4cnc(Cl)nc41)(C3)C2. The number of nitrogens with one attached hydrogen (secondary N) is 1. The number of ether oxygens (including phenoxy) is 1. The number of carbonyl (C=O) groups excluding carboxylic acids is 1. The summed E-state index contributed by atoms with van der Waals surface area (Å²) in [5.74, 6) is 0.727. The summed E-state index contributed by atoms with van der Waals surface area (Å²) in [5, 5.41) is 0.117. The van der Waals surface area contributed by atoms with E-state index in [1.165, 1.54) is 0 Å². The van der Waals surface area contributed by atoms with E-state index in [4.69, 9.17) is 16.3 Å². The van der Waals surface area contributed by atoms with E-state index in [9.17, 15) is 9.59 Å². The first-order valence-electron chi connectivity index (χ1n) is 9.96. The van der Waals surface area contributed by atoms with E-state index in [0.29, 0.717) is 29.4 Å². The second kappa shape index (κ2) is 5.59. The molecular weight excluding hydrogens is 380 g/mol. The molecule has 2 aromatic rings. The van der Waals surface area contributed by atoms with Crippen LogP contribution in [0.5, 0.6) is 0 Å². The molecule has 6 rings (SSSR count). The maximum Gasteiger partial charge on any atom is 0.328 e. The van der Waals surface area contributed by atoms with Crippen molar-refractivity contribution in [2.75, 3.05) is 0 Å². The van der Waals surface area contributed by atoms with Crippen LogP contribution in [0, 0.1) is 17.3 Å². The van der Waals surface area contributed by atoms with Crippen LogP contribution in [0.25, 0.3) is 11.2 Å². The summed E-state index contributed by atoms with van der Waals surface area (Å²) in [4.78, 5) is 37.4. The summed E-state index contributed by atoms with van der Waals surface area (Å²) >= 11 is 6.03. The first kappa shape index (κ1) is 18.2.